The van der Waals surface area contributed by atoms with Gasteiger partial charge in [-0.15, -0.1) is 0 Å². The summed E-state index contributed by atoms with van der Waals surface area (Å²) in [4.78, 5) is 0. The van der Waals surface area contributed by atoms with Crippen LogP contribution in [0.2, 0.25) is 0 Å². The topological polar surface area (TPSA) is 30.5 Å². The Balaban J connectivity index is 2.19. The lowest BCUT2D eigenvalue weighted by Gasteiger charge is -2.16. The van der Waals surface area contributed by atoms with E-state index in [0.29, 0.717) is 6.04 Å². The fourth-order valence-corrected chi connectivity index (χ4v) is 2.29. The summed E-state index contributed by atoms with van der Waals surface area (Å²) < 4.78 is 10.9. The monoisotopic (exact) mass is 293 g/mol. The van der Waals surface area contributed by atoms with Crippen molar-refractivity contribution in [1.82, 2.24) is 5.32 Å². The predicted octanol–water partition coefficient (Wildman–Crippen LogP) is 3.81. The van der Waals surface area contributed by atoms with Crippen LogP contribution in [0.1, 0.15) is 45.1 Å². The zero-order valence-corrected chi connectivity index (χ0v) is 13.9. The molecule has 0 saturated heterocycles. The number of nitrogens with one attached hydrogen (secondary N) is 1. The van der Waals surface area contributed by atoms with Crippen molar-refractivity contribution in [3.63, 3.8) is 0 Å². The Morgan fingerprint density at radius 3 is 2.48 bits per heavy atom. The number of hydrogen-bond acceptors (Lipinski definition) is 3. The molecule has 1 aromatic rings. The van der Waals surface area contributed by atoms with Crippen LogP contribution in [0.15, 0.2) is 24.3 Å². The SMILES string of the molecule is CCCNC(CC)CCCOc1ccc(CCOC)cc1. The average Bonchev–Trinajstić information content (AvgIpc) is 2.53. The highest BCUT2D eigenvalue weighted by molar-refractivity contribution is 5.27. The van der Waals surface area contributed by atoms with E-state index in [2.05, 4.69) is 43.4 Å². The summed E-state index contributed by atoms with van der Waals surface area (Å²) in [5.74, 6) is 0.964. The third-order valence-corrected chi connectivity index (χ3v) is 3.66. The maximum absolute atomic E-state index is 5.81. The van der Waals surface area contributed by atoms with Crippen molar-refractivity contribution in [2.45, 2.75) is 52.0 Å². The van der Waals surface area contributed by atoms with E-state index in [9.17, 15) is 0 Å². The van der Waals surface area contributed by atoms with E-state index in [1.807, 2.05) is 0 Å². The molecule has 3 heteroatoms. The summed E-state index contributed by atoms with van der Waals surface area (Å²) in [6.07, 6.45) is 5.62. The van der Waals surface area contributed by atoms with Gasteiger partial charge in [-0.3, -0.25) is 0 Å². The summed E-state index contributed by atoms with van der Waals surface area (Å²) in [5, 5.41) is 3.58. The number of rotatable bonds is 12. The van der Waals surface area contributed by atoms with Crippen LogP contribution in [0.5, 0.6) is 5.75 Å². The van der Waals surface area contributed by atoms with Gasteiger partial charge in [0, 0.05) is 13.2 Å². The third kappa shape index (κ3) is 8.08. The van der Waals surface area contributed by atoms with Crippen molar-refractivity contribution in [3.8, 4) is 5.75 Å². The molecule has 1 aromatic carbocycles. The van der Waals surface area contributed by atoms with Crippen LogP contribution in [0, 0.1) is 0 Å². The Labute approximate surface area is 130 Å². The number of hydrogen-bond donors (Lipinski definition) is 1. The largest absolute Gasteiger partial charge is 0.494 e. The lowest BCUT2D eigenvalue weighted by molar-refractivity contribution is 0.202. The Bertz CT molecular complexity index is 351. The normalized spacial score (nSPS) is 12.3. The van der Waals surface area contributed by atoms with E-state index in [1.165, 1.54) is 24.8 Å². The summed E-state index contributed by atoms with van der Waals surface area (Å²) in [6, 6.07) is 8.97. The molecule has 0 saturated carbocycles. The van der Waals surface area contributed by atoms with Crippen molar-refractivity contribution < 1.29 is 9.47 Å². The zero-order valence-electron chi connectivity index (χ0n) is 13.9. The fourth-order valence-electron chi connectivity index (χ4n) is 2.29. The molecule has 0 aliphatic rings. The molecular weight excluding hydrogens is 262 g/mol. The molecule has 3 nitrogen and oxygen atoms in total. The minimum absolute atomic E-state index is 0.630. The van der Waals surface area contributed by atoms with Gasteiger partial charge in [-0.1, -0.05) is 26.0 Å². The van der Waals surface area contributed by atoms with Crippen LogP contribution < -0.4 is 10.1 Å². The van der Waals surface area contributed by atoms with Gasteiger partial charge in [-0.05, 0) is 56.3 Å². The molecule has 0 bridgehead atoms. The van der Waals surface area contributed by atoms with Crippen molar-refractivity contribution in [2.24, 2.45) is 0 Å². The van der Waals surface area contributed by atoms with Crippen LogP contribution in [0.4, 0.5) is 0 Å². The molecule has 0 amide bonds. The first-order chi connectivity index (χ1) is 10.3. The highest BCUT2D eigenvalue weighted by Gasteiger charge is 2.04. The van der Waals surface area contributed by atoms with Gasteiger partial charge >= 0.3 is 0 Å². The Morgan fingerprint density at radius 2 is 1.86 bits per heavy atom. The van der Waals surface area contributed by atoms with E-state index in [4.69, 9.17) is 9.47 Å². The lowest BCUT2D eigenvalue weighted by atomic mass is 10.1. The number of ether oxygens (including phenoxy) is 2. The van der Waals surface area contributed by atoms with Gasteiger partial charge in [0.2, 0.25) is 0 Å². The molecule has 120 valence electrons. The molecule has 21 heavy (non-hydrogen) atoms. The predicted molar refractivity (Wildman–Crippen MR) is 89.1 cm³/mol. The first-order valence-electron chi connectivity index (χ1n) is 8.24. The molecule has 1 N–H and O–H groups in total. The van der Waals surface area contributed by atoms with Crippen LogP contribution in [-0.2, 0) is 11.2 Å². The van der Waals surface area contributed by atoms with Crippen molar-refractivity contribution >= 4 is 0 Å². The second kappa shape index (κ2) is 11.6. The van der Waals surface area contributed by atoms with Crippen molar-refractivity contribution in [2.75, 3.05) is 26.9 Å². The molecule has 0 heterocycles. The van der Waals surface area contributed by atoms with Gasteiger partial charge in [0.15, 0.2) is 0 Å². The first-order valence-corrected chi connectivity index (χ1v) is 8.24. The standard InChI is InChI=1S/C18H31NO2/c1-4-13-19-17(5-2)7-6-14-21-18-10-8-16(9-11-18)12-15-20-3/h8-11,17,19H,4-7,12-15H2,1-3H3. The second-order valence-corrected chi connectivity index (χ2v) is 5.44. The van der Waals surface area contributed by atoms with Crippen molar-refractivity contribution in [3.05, 3.63) is 29.8 Å². The third-order valence-electron chi connectivity index (χ3n) is 3.66. The van der Waals surface area contributed by atoms with Gasteiger partial charge < -0.3 is 14.8 Å². The minimum atomic E-state index is 0.630. The molecule has 0 aliphatic heterocycles. The lowest BCUT2D eigenvalue weighted by Crippen LogP contribution is -2.29. The van der Waals surface area contributed by atoms with E-state index in [-0.39, 0.29) is 0 Å². The molecule has 1 atom stereocenters. The molecule has 0 fully saturated rings. The Morgan fingerprint density at radius 1 is 1.10 bits per heavy atom. The fraction of sp³-hybridized carbons (Fsp3) is 0.667. The quantitative estimate of drug-likeness (QED) is 0.594. The molecule has 0 spiro atoms. The van der Waals surface area contributed by atoms with Crippen molar-refractivity contribution in [1.29, 1.82) is 0 Å². The average molecular weight is 293 g/mol. The Hall–Kier alpha value is -1.06. The molecule has 1 unspecified atom stereocenters. The first kappa shape index (κ1) is 18.0. The number of methoxy groups -OCH3 is 1. The van der Waals surface area contributed by atoms with E-state index in [1.54, 1.807) is 7.11 Å². The highest BCUT2D eigenvalue weighted by atomic mass is 16.5. The van der Waals surface area contributed by atoms with E-state index < -0.39 is 0 Å². The summed E-state index contributed by atoms with van der Waals surface area (Å²) in [7, 11) is 1.73. The summed E-state index contributed by atoms with van der Waals surface area (Å²) in [5.41, 5.74) is 1.29. The van der Waals surface area contributed by atoms with Gasteiger partial charge in [-0.2, -0.15) is 0 Å². The molecule has 0 radical (unpaired) electrons. The van der Waals surface area contributed by atoms with Crippen LogP contribution in [-0.4, -0.2) is 32.9 Å². The molecular formula is C18H31NO2. The maximum Gasteiger partial charge on any atom is 0.119 e. The second-order valence-electron chi connectivity index (χ2n) is 5.44. The van der Waals surface area contributed by atoms with Gasteiger partial charge in [0.1, 0.15) is 5.75 Å². The van der Waals surface area contributed by atoms with Gasteiger partial charge in [0.05, 0.1) is 13.2 Å². The van der Waals surface area contributed by atoms with Crippen LogP contribution >= 0.6 is 0 Å². The van der Waals surface area contributed by atoms with E-state index >= 15 is 0 Å². The van der Waals surface area contributed by atoms with Crippen LogP contribution in [0.3, 0.4) is 0 Å². The molecule has 0 aromatic heterocycles. The summed E-state index contributed by atoms with van der Waals surface area (Å²) >= 11 is 0. The maximum atomic E-state index is 5.81. The van der Waals surface area contributed by atoms with Gasteiger partial charge in [0.25, 0.3) is 0 Å². The molecule has 1 rings (SSSR count). The van der Waals surface area contributed by atoms with E-state index in [0.717, 1.165) is 38.3 Å². The summed E-state index contributed by atoms with van der Waals surface area (Å²) in [6.45, 7) is 7.12. The highest BCUT2D eigenvalue weighted by Crippen LogP contribution is 2.13. The van der Waals surface area contributed by atoms with Crippen LogP contribution in [0.25, 0.3) is 0 Å². The zero-order chi connectivity index (χ0) is 15.3. The number of benzene rings is 1. The van der Waals surface area contributed by atoms with Gasteiger partial charge in [-0.25, -0.2) is 0 Å². The smallest absolute Gasteiger partial charge is 0.119 e. The Kier molecular flexibility index (Phi) is 9.92. The molecule has 0 aliphatic carbocycles. The minimum Gasteiger partial charge on any atom is -0.494 e.